The van der Waals surface area contributed by atoms with Gasteiger partial charge in [-0.25, -0.2) is 18.1 Å². The van der Waals surface area contributed by atoms with Crippen LogP contribution in [0.3, 0.4) is 0 Å². The number of thiazole rings is 1. The van der Waals surface area contributed by atoms with Crippen molar-refractivity contribution in [3.05, 3.63) is 57.6 Å². The van der Waals surface area contributed by atoms with E-state index in [0.717, 1.165) is 38.7 Å². The molecule has 0 saturated heterocycles. The van der Waals surface area contributed by atoms with Crippen molar-refractivity contribution in [1.29, 1.82) is 0 Å². The molecule has 0 aliphatic carbocycles. The molecule has 2 heterocycles. The smallest absolute Gasteiger partial charge is 0.240 e. The number of sulfonamides is 1. The summed E-state index contributed by atoms with van der Waals surface area (Å²) in [6.07, 6.45) is 0.879. The van der Waals surface area contributed by atoms with Gasteiger partial charge < -0.3 is 0 Å². The van der Waals surface area contributed by atoms with Crippen molar-refractivity contribution in [3.63, 3.8) is 0 Å². The maximum atomic E-state index is 12.7. The topological polar surface area (TPSA) is 59.1 Å². The number of aromatic nitrogens is 1. The number of rotatable bonds is 6. The second-order valence-corrected chi connectivity index (χ2v) is 10.3. The lowest BCUT2D eigenvalue weighted by molar-refractivity contribution is 0.583. The van der Waals surface area contributed by atoms with Crippen LogP contribution in [0, 0.1) is 20.8 Å². The molecular formula is C19H22N2O2S3. The number of hydrogen-bond donors (Lipinski definition) is 1. The van der Waals surface area contributed by atoms with Crippen LogP contribution in [0.25, 0.3) is 9.88 Å². The van der Waals surface area contributed by atoms with E-state index >= 15 is 0 Å². The van der Waals surface area contributed by atoms with Gasteiger partial charge in [-0.15, -0.1) is 22.7 Å². The maximum Gasteiger partial charge on any atom is 0.250 e. The van der Waals surface area contributed by atoms with Crippen LogP contribution < -0.4 is 4.72 Å². The first-order chi connectivity index (χ1) is 12.3. The molecule has 0 aliphatic rings. The molecule has 0 saturated carbocycles. The first-order valence-corrected chi connectivity index (χ1v) is 11.6. The summed E-state index contributed by atoms with van der Waals surface area (Å²) in [7, 11) is -3.54. The minimum Gasteiger partial charge on any atom is -0.240 e. The van der Waals surface area contributed by atoms with Gasteiger partial charge in [0.15, 0.2) is 0 Å². The zero-order valence-corrected chi connectivity index (χ0v) is 17.7. The van der Waals surface area contributed by atoms with E-state index in [-0.39, 0.29) is 0 Å². The van der Waals surface area contributed by atoms with Crippen LogP contribution in [-0.2, 0) is 23.0 Å². The lowest BCUT2D eigenvalue weighted by Gasteiger charge is -2.12. The average molecular weight is 407 g/mol. The number of thiophene rings is 1. The highest BCUT2D eigenvalue weighted by Gasteiger charge is 2.19. The molecule has 0 bridgehead atoms. The van der Waals surface area contributed by atoms with Gasteiger partial charge in [0.25, 0.3) is 0 Å². The molecular weight excluding hydrogens is 384 g/mol. The number of nitrogens with zero attached hydrogens (tertiary/aromatic N) is 1. The van der Waals surface area contributed by atoms with E-state index in [2.05, 4.69) is 28.8 Å². The molecule has 0 fully saturated rings. The second-order valence-electron chi connectivity index (χ2n) is 6.32. The fourth-order valence-corrected chi connectivity index (χ4v) is 6.21. The minimum absolute atomic E-state index is 0.296. The van der Waals surface area contributed by atoms with Crippen LogP contribution in [0.15, 0.2) is 33.9 Å². The summed E-state index contributed by atoms with van der Waals surface area (Å²) in [5, 5.41) is 2.89. The van der Waals surface area contributed by atoms with Gasteiger partial charge in [0.05, 0.1) is 10.6 Å². The van der Waals surface area contributed by atoms with Gasteiger partial charge in [0.1, 0.15) is 9.22 Å². The molecule has 2 aromatic heterocycles. The third kappa shape index (κ3) is 4.06. The van der Waals surface area contributed by atoms with Gasteiger partial charge in [0.2, 0.25) is 10.0 Å². The highest BCUT2D eigenvalue weighted by Crippen LogP contribution is 2.33. The first kappa shape index (κ1) is 19.2. The van der Waals surface area contributed by atoms with Gasteiger partial charge in [-0.2, -0.15) is 0 Å². The summed E-state index contributed by atoms with van der Waals surface area (Å²) in [5.41, 5.74) is 5.46. The molecule has 0 aliphatic heterocycles. The van der Waals surface area contributed by atoms with Crippen molar-refractivity contribution in [2.75, 3.05) is 0 Å². The van der Waals surface area contributed by atoms with Gasteiger partial charge in [-0.1, -0.05) is 24.6 Å². The van der Waals surface area contributed by atoms with Gasteiger partial charge >= 0.3 is 0 Å². The molecule has 1 N–H and O–H groups in total. The van der Waals surface area contributed by atoms with Crippen LogP contribution in [0.1, 0.15) is 34.9 Å². The van der Waals surface area contributed by atoms with Crippen LogP contribution in [0.2, 0.25) is 0 Å². The Morgan fingerprint density at radius 3 is 2.42 bits per heavy atom. The molecule has 0 radical (unpaired) electrons. The predicted octanol–water partition coefficient (Wildman–Crippen LogP) is 4.84. The van der Waals surface area contributed by atoms with E-state index in [1.54, 1.807) is 17.4 Å². The van der Waals surface area contributed by atoms with E-state index in [1.807, 2.05) is 32.2 Å². The van der Waals surface area contributed by atoms with Crippen molar-refractivity contribution in [3.8, 4) is 9.88 Å². The quantitative estimate of drug-likeness (QED) is 0.637. The summed E-state index contributed by atoms with van der Waals surface area (Å²) in [6, 6.07) is 7.64. The van der Waals surface area contributed by atoms with Crippen molar-refractivity contribution in [1.82, 2.24) is 9.71 Å². The minimum atomic E-state index is -3.54. The monoisotopic (exact) mass is 406 g/mol. The van der Waals surface area contributed by atoms with E-state index in [0.29, 0.717) is 10.8 Å². The third-order valence-corrected chi connectivity index (χ3v) is 8.29. The van der Waals surface area contributed by atoms with Gasteiger partial charge in [-0.05, 0) is 56.0 Å². The summed E-state index contributed by atoms with van der Waals surface area (Å²) in [5.74, 6) is 0. The number of nitrogens with one attached hydrogen (secondary N) is 1. The lowest BCUT2D eigenvalue weighted by Crippen LogP contribution is -2.23. The Labute approximate surface area is 163 Å². The Kier molecular flexibility index (Phi) is 5.62. The summed E-state index contributed by atoms with van der Waals surface area (Å²) in [6.45, 7) is 8.43. The molecule has 1 aromatic carbocycles. The second kappa shape index (κ2) is 7.60. The molecule has 3 aromatic rings. The Bertz CT molecular complexity index is 1010. The number of aryl methyl sites for hydroxylation is 4. The largest absolute Gasteiger partial charge is 0.250 e. The zero-order valence-electron chi connectivity index (χ0n) is 15.3. The summed E-state index contributed by atoms with van der Waals surface area (Å²) < 4.78 is 28.4. The Morgan fingerprint density at radius 1 is 1.12 bits per heavy atom. The highest BCUT2D eigenvalue weighted by molar-refractivity contribution is 7.91. The molecule has 0 unspecified atom stereocenters. The van der Waals surface area contributed by atoms with Crippen molar-refractivity contribution in [2.24, 2.45) is 0 Å². The Morgan fingerprint density at radius 2 is 1.81 bits per heavy atom. The molecule has 138 valence electrons. The van der Waals surface area contributed by atoms with Crippen LogP contribution >= 0.6 is 22.7 Å². The summed E-state index contributed by atoms with van der Waals surface area (Å²) in [4.78, 5) is 5.42. The van der Waals surface area contributed by atoms with E-state index < -0.39 is 10.0 Å². The van der Waals surface area contributed by atoms with Crippen LogP contribution in [-0.4, -0.2) is 13.4 Å². The standard InChI is InChI=1S/C19H22N2O2S3/c1-5-15-11-24-19(21-15)17-6-7-18(25-17)26(22,23)20-10-16-13(3)8-12(2)9-14(16)4/h6-9,11,20H,5,10H2,1-4H3. The van der Waals surface area contributed by atoms with Crippen molar-refractivity contribution < 1.29 is 8.42 Å². The molecule has 0 atom stereocenters. The maximum absolute atomic E-state index is 12.7. The Balaban J connectivity index is 1.79. The SMILES string of the molecule is CCc1csc(-c2ccc(S(=O)(=O)NCc3c(C)cc(C)cc3C)s2)n1. The molecule has 26 heavy (non-hydrogen) atoms. The fraction of sp³-hybridized carbons (Fsp3) is 0.316. The third-order valence-electron chi connectivity index (χ3n) is 4.25. The lowest BCUT2D eigenvalue weighted by atomic mass is 10.0. The molecule has 7 heteroatoms. The Hall–Kier alpha value is -1.54. The summed E-state index contributed by atoms with van der Waals surface area (Å²) >= 11 is 2.81. The molecule has 3 rings (SSSR count). The molecule has 4 nitrogen and oxygen atoms in total. The fourth-order valence-electron chi connectivity index (χ4n) is 2.89. The van der Waals surface area contributed by atoms with Crippen molar-refractivity contribution in [2.45, 2.75) is 44.9 Å². The van der Waals surface area contributed by atoms with E-state index in [4.69, 9.17) is 0 Å². The highest BCUT2D eigenvalue weighted by atomic mass is 32.2. The van der Waals surface area contributed by atoms with E-state index in [9.17, 15) is 8.42 Å². The molecule has 0 amide bonds. The van der Waals surface area contributed by atoms with Gasteiger partial charge in [-0.3, -0.25) is 0 Å². The average Bonchev–Trinajstić information content (AvgIpc) is 3.23. The zero-order chi connectivity index (χ0) is 18.9. The van der Waals surface area contributed by atoms with Crippen LogP contribution in [0.5, 0.6) is 0 Å². The first-order valence-electron chi connectivity index (χ1n) is 8.41. The number of hydrogen-bond acceptors (Lipinski definition) is 5. The molecule has 0 spiro atoms. The van der Waals surface area contributed by atoms with Crippen LogP contribution in [0.4, 0.5) is 0 Å². The number of benzene rings is 1. The van der Waals surface area contributed by atoms with Gasteiger partial charge in [0, 0.05) is 11.9 Å². The van der Waals surface area contributed by atoms with Crippen molar-refractivity contribution >= 4 is 32.7 Å². The predicted molar refractivity (Wildman–Crippen MR) is 109 cm³/mol. The van der Waals surface area contributed by atoms with E-state index in [1.165, 1.54) is 16.9 Å². The normalized spacial score (nSPS) is 11.8.